The molecule has 272 valence electrons. The second-order valence-electron chi connectivity index (χ2n) is 16.7. The maximum absolute atomic E-state index is 2.66. The highest BCUT2D eigenvalue weighted by molar-refractivity contribution is 5.97. The van der Waals surface area contributed by atoms with E-state index in [4.69, 9.17) is 0 Å². The Kier molecular flexibility index (Phi) is 6.67. The van der Waals surface area contributed by atoms with Crippen LogP contribution in [0.2, 0.25) is 0 Å². The molecule has 0 radical (unpaired) electrons. The molecule has 0 saturated heterocycles. The van der Waals surface area contributed by atoms with Gasteiger partial charge in [-0.1, -0.05) is 170 Å². The van der Waals surface area contributed by atoms with Crippen LogP contribution in [0.15, 0.2) is 212 Å². The second kappa shape index (κ2) is 12.0. The fraction of sp³-hybridized carbons (Fsp3) is 0.0877. The van der Waals surface area contributed by atoms with E-state index in [9.17, 15) is 0 Å². The molecule has 0 heterocycles. The standard InChI is InChI=1S/C57H39N/c1-3-11-36(12-4-1)38-19-25-41(26-20-38)58(42-27-21-39(22-28-42)37-13-5-2-6-14-37)43-29-32-46-44-15-7-9-17-52(44)57(54(46)33-43)53-18-10-8-16-45(53)50-34-49-40-23-30-47-48(31-24-40)56(47)51(49)35-55(50)57/h1-35,40,47-48,56H. The maximum atomic E-state index is 2.66. The number of hydrogen-bond acceptors (Lipinski definition) is 1. The van der Waals surface area contributed by atoms with Gasteiger partial charge in [0.1, 0.15) is 0 Å². The van der Waals surface area contributed by atoms with Gasteiger partial charge in [0, 0.05) is 23.0 Å². The van der Waals surface area contributed by atoms with Crippen molar-refractivity contribution in [3.05, 3.63) is 246 Å². The number of benzene rings is 8. The zero-order valence-electron chi connectivity index (χ0n) is 32.0. The zero-order valence-corrected chi connectivity index (χ0v) is 32.0. The van der Waals surface area contributed by atoms with Gasteiger partial charge in [0.05, 0.1) is 5.41 Å². The first-order chi connectivity index (χ1) is 28.8. The molecule has 6 aliphatic carbocycles. The summed E-state index contributed by atoms with van der Waals surface area (Å²) in [6.07, 6.45) is 9.95. The first kappa shape index (κ1) is 32.2. The molecule has 3 unspecified atom stereocenters. The highest BCUT2D eigenvalue weighted by Gasteiger charge is 2.55. The van der Waals surface area contributed by atoms with Crippen LogP contribution in [-0.2, 0) is 5.41 Å². The molecule has 1 spiro atoms. The van der Waals surface area contributed by atoms with Gasteiger partial charge < -0.3 is 4.90 Å². The van der Waals surface area contributed by atoms with Crippen molar-refractivity contribution in [2.75, 3.05) is 4.90 Å². The number of rotatable bonds is 5. The van der Waals surface area contributed by atoms with Gasteiger partial charge in [-0.2, -0.15) is 0 Å². The minimum absolute atomic E-state index is 0.342. The predicted octanol–water partition coefficient (Wildman–Crippen LogP) is 14.4. The largest absolute Gasteiger partial charge is 0.310 e. The molecule has 14 rings (SSSR count). The Balaban J connectivity index is 1.03. The van der Waals surface area contributed by atoms with Crippen LogP contribution in [0.25, 0.3) is 44.5 Å². The third-order valence-corrected chi connectivity index (χ3v) is 13.9. The number of anilines is 3. The number of fused-ring (bicyclic) bond motifs is 10. The van der Waals surface area contributed by atoms with E-state index in [1.165, 1.54) is 72.3 Å². The van der Waals surface area contributed by atoms with Crippen LogP contribution in [0.4, 0.5) is 17.1 Å². The second-order valence-corrected chi connectivity index (χ2v) is 16.7. The molecule has 1 nitrogen and oxygen atoms in total. The summed E-state index contributed by atoms with van der Waals surface area (Å²) < 4.78 is 0. The third-order valence-electron chi connectivity index (χ3n) is 13.9. The molecule has 0 aromatic heterocycles. The molecule has 0 N–H and O–H groups in total. The lowest BCUT2D eigenvalue weighted by Gasteiger charge is -2.33. The number of allylic oxidation sites excluding steroid dienone is 4. The van der Waals surface area contributed by atoms with Crippen LogP contribution >= 0.6 is 0 Å². The van der Waals surface area contributed by atoms with Crippen LogP contribution in [0.3, 0.4) is 0 Å². The Bertz CT molecular complexity index is 2910. The van der Waals surface area contributed by atoms with Crippen LogP contribution in [0.5, 0.6) is 0 Å². The summed E-state index contributed by atoms with van der Waals surface area (Å²) in [5.74, 6) is 2.14. The van der Waals surface area contributed by atoms with E-state index in [2.05, 4.69) is 217 Å². The molecular weight excluding hydrogens is 699 g/mol. The van der Waals surface area contributed by atoms with Crippen molar-refractivity contribution in [1.29, 1.82) is 0 Å². The monoisotopic (exact) mass is 737 g/mol. The molecule has 58 heavy (non-hydrogen) atoms. The Morgan fingerprint density at radius 3 is 1.38 bits per heavy atom. The van der Waals surface area contributed by atoms with Gasteiger partial charge in [0.2, 0.25) is 0 Å². The fourth-order valence-corrected chi connectivity index (χ4v) is 11.3. The molecular formula is C57H39N. The summed E-state index contributed by atoms with van der Waals surface area (Å²) in [6, 6.07) is 70.5. The lowest BCUT2D eigenvalue weighted by molar-refractivity contribution is 0.789. The predicted molar refractivity (Wildman–Crippen MR) is 239 cm³/mol. The van der Waals surface area contributed by atoms with Gasteiger partial charge in [0.25, 0.3) is 0 Å². The van der Waals surface area contributed by atoms with Crippen molar-refractivity contribution in [2.45, 2.75) is 17.3 Å². The van der Waals surface area contributed by atoms with Gasteiger partial charge in [-0.05, 0) is 138 Å². The highest BCUT2D eigenvalue weighted by Crippen LogP contribution is 2.67. The van der Waals surface area contributed by atoms with Crippen molar-refractivity contribution in [3.8, 4) is 44.5 Å². The maximum Gasteiger partial charge on any atom is 0.0726 e. The smallest absolute Gasteiger partial charge is 0.0726 e. The van der Waals surface area contributed by atoms with Gasteiger partial charge in [-0.15, -0.1) is 0 Å². The van der Waals surface area contributed by atoms with Crippen molar-refractivity contribution < 1.29 is 0 Å². The number of nitrogens with zero attached hydrogens (tertiary/aromatic N) is 1. The third kappa shape index (κ3) is 4.42. The molecule has 3 atom stereocenters. The average molecular weight is 738 g/mol. The summed E-state index contributed by atoms with van der Waals surface area (Å²) in [7, 11) is 0. The Morgan fingerprint density at radius 1 is 0.328 bits per heavy atom. The minimum Gasteiger partial charge on any atom is -0.310 e. The van der Waals surface area contributed by atoms with Crippen molar-refractivity contribution in [2.24, 2.45) is 11.8 Å². The van der Waals surface area contributed by atoms with Gasteiger partial charge in [-0.25, -0.2) is 0 Å². The molecule has 0 amide bonds. The summed E-state index contributed by atoms with van der Waals surface area (Å²) in [5.41, 5.74) is 21.9. The zero-order chi connectivity index (χ0) is 38.0. The lowest BCUT2D eigenvalue weighted by Crippen LogP contribution is -2.26. The van der Waals surface area contributed by atoms with Crippen LogP contribution in [0, 0.1) is 11.8 Å². The van der Waals surface area contributed by atoms with E-state index >= 15 is 0 Å². The van der Waals surface area contributed by atoms with E-state index < -0.39 is 5.41 Å². The Labute approximate surface area is 339 Å². The Hall–Kier alpha value is -6.96. The summed E-state index contributed by atoms with van der Waals surface area (Å²) in [4.78, 5) is 2.45. The van der Waals surface area contributed by atoms with Gasteiger partial charge in [0.15, 0.2) is 0 Å². The summed E-state index contributed by atoms with van der Waals surface area (Å²) in [6.45, 7) is 0. The van der Waals surface area contributed by atoms with Gasteiger partial charge >= 0.3 is 0 Å². The Morgan fingerprint density at radius 2 is 0.793 bits per heavy atom. The molecule has 1 saturated carbocycles. The lowest BCUT2D eigenvalue weighted by atomic mass is 9.70. The first-order valence-electron chi connectivity index (χ1n) is 20.8. The van der Waals surface area contributed by atoms with E-state index in [1.54, 1.807) is 5.56 Å². The first-order valence-corrected chi connectivity index (χ1v) is 20.8. The van der Waals surface area contributed by atoms with Crippen LogP contribution in [-0.4, -0.2) is 0 Å². The minimum atomic E-state index is -0.431. The molecule has 8 aromatic rings. The van der Waals surface area contributed by atoms with Crippen LogP contribution < -0.4 is 4.90 Å². The van der Waals surface area contributed by atoms with Crippen molar-refractivity contribution in [3.63, 3.8) is 0 Å². The fourth-order valence-electron chi connectivity index (χ4n) is 11.3. The van der Waals surface area contributed by atoms with E-state index in [1.807, 2.05) is 0 Å². The topological polar surface area (TPSA) is 3.24 Å². The number of hydrogen-bond donors (Lipinski definition) is 0. The van der Waals surface area contributed by atoms with E-state index in [-0.39, 0.29) is 0 Å². The van der Waals surface area contributed by atoms with Crippen molar-refractivity contribution in [1.82, 2.24) is 0 Å². The quantitative estimate of drug-likeness (QED) is 0.159. The summed E-state index contributed by atoms with van der Waals surface area (Å²) in [5, 5.41) is 0. The molecule has 1 fully saturated rings. The summed E-state index contributed by atoms with van der Waals surface area (Å²) >= 11 is 0. The van der Waals surface area contributed by atoms with Gasteiger partial charge in [-0.3, -0.25) is 0 Å². The average Bonchev–Trinajstić information content (AvgIpc) is 3.95. The van der Waals surface area contributed by atoms with Crippen molar-refractivity contribution >= 4 is 17.1 Å². The van der Waals surface area contributed by atoms with Crippen LogP contribution in [0.1, 0.15) is 45.2 Å². The molecule has 1 heteroatoms. The normalized spacial score (nSPS) is 21.7. The highest BCUT2D eigenvalue weighted by atomic mass is 15.1. The molecule has 0 aliphatic heterocycles. The molecule has 4 bridgehead atoms. The molecule has 8 aromatic carbocycles. The molecule has 6 aliphatic rings. The van der Waals surface area contributed by atoms with E-state index in [0.717, 1.165) is 17.1 Å². The van der Waals surface area contributed by atoms with E-state index in [0.29, 0.717) is 23.7 Å². The SMILES string of the molecule is C1=CC2C3C=CC1c1cc4c(cc1C23)C1(c2ccccc2-c2ccc(N(c3ccc(-c5ccccc5)cc3)c3ccc(-c5ccccc5)cc3)cc21)c1ccccc1-4.